The number of benzene rings is 2. The van der Waals surface area contributed by atoms with Crippen LogP contribution in [0.5, 0.6) is 5.75 Å². The van der Waals surface area contributed by atoms with Crippen molar-refractivity contribution >= 4 is 39.3 Å². The Balaban J connectivity index is 1.89. The Morgan fingerprint density at radius 1 is 1.32 bits per heavy atom. The van der Waals surface area contributed by atoms with Crippen LogP contribution in [0.3, 0.4) is 0 Å². The molecule has 1 aliphatic rings. The van der Waals surface area contributed by atoms with E-state index in [1.165, 1.54) is 11.8 Å². The third kappa shape index (κ3) is 4.45. The second-order valence-electron chi connectivity index (χ2n) is 6.86. The number of hydrogen-bond acceptors (Lipinski definition) is 6. The topological polar surface area (TPSA) is 108 Å². The molecule has 3 aromatic rings. The van der Waals surface area contributed by atoms with Crippen LogP contribution in [0.2, 0.25) is 0 Å². The van der Waals surface area contributed by atoms with Crippen LogP contribution < -0.4 is 20.3 Å². The van der Waals surface area contributed by atoms with Gasteiger partial charge in [-0.15, -0.1) is 0 Å². The van der Waals surface area contributed by atoms with Gasteiger partial charge in [0.25, 0.3) is 6.17 Å². The molecule has 1 aromatic heterocycles. The zero-order valence-corrected chi connectivity index (χ0v) is 19.0. The summed E-state index contributed by atoms with van der Waals surface area (Å²) in [7, 11) is 0. The van der Waals surface area contributed by atoms with E-state index in [4.69, 9.17) is 14.9 Å². The predicted molar refractivity (Wildman–Crippen MR) is 121 cm³/mol. The molecule has 1 aliphatic heterocycles. The van der Waals surface area contributed by atoms with Crippen molar-refractivity contribution in [2.24, 2.45) is 0 Å². The number of nitrogens with one attached hydrogen (secondary N) is 2. The second kappa shape index (κ2) is 9.11. The van der Waals surface area contributed by atoms with Crippen LogP contribution in [0.4, 0.5) is 5.69 Å². The molecule has 10 heteroatoms. The van der Waals surface area contributed by atoms with Gasteiger partial charge in [-0.3, -0.25) is 9.78 Å². The number of anilines is 1. The van der Waals surface area contributed by atoms with Crippen molar-refractivity contribution in [3.63, 3.8) is 0 Å². The molecule has 8 nitrogen and oxygen atoms in total. The number of para-hydroxylation sites is 1. The normalized spacial score (nSPS) is 14.3. The van der Waals surface area contributed by atoms with Crippen LogP contribution in [-0.2, 0) is 4.79 Å². The summed E-state index contributed by atoms with van der Waals surface area (Å²) in [5, 5.41) is 17.7. The van der Waals surface area contributed by atoms with Crippen LogP contribution >= 0.6 is 27.7 Å². The highest BCUT2D eigenvalue weighted by atomic mass is 79.9. The summed E-state index contributed by atoms with van der Waals surface area (Å²) in [6.45, 7) is 1.59. The zero-order valence-electron chi connectivity index (χ0n) is 16.6. The van der Waals surface area contributed by atoms with Crippen molar-refractivity contribution in [1.29, 1.82) is 0 Å². The number of aromatic amines is 1. The molecule has 160 valence electrons. The first-order valence-electron chi connectivity index (χ1n) is 9.67. The standard InChI is InChI=1S/C21H19BrN4O4S/c1-2-9-31-21-24-20(29)18-14-10-12(22)7-8-15(14)23-19(26(18)25-21)13-5-3-4-6-16(13)30-11-17(27)28/h3-8,10,19H,2,9,11H2,1H3,(H2,24,25,27,28,29)/p+1/t19-/m1/s1. The third-order valence-corrected chi connectivity index (χ3v) is 6.21. The van der Waals surface area contributed by atoms with Crippen molar-refractivity contribution in [3.05, 3.63) is 62.9 Å². The SMILES string of the molecule is CCCSc1n[n+]2c(c(=O)[nH]1)-c1cc(Br)ccc1N[C@H]2c1ccccc1OCC(=O)O. The summed E-state index contributed by atoms with van der Waals surface area (Å²) >= 11 is 4.95. The van der Waals surface area contributed by atoms with Gasteiger partial charge in [-0.1, -0.05) is 46.7 Å². The number of carboxylic acid groups (broad SMARTS) is 1. The van der Waals surface area contributed by atoms with E-state index in [-0.39, 0.29) is 5.56 Å². The molecule has 0 unspecified atom stereocenters. The minimum atomic E-state index is -1.07. The largest absolute Gasteiger partial charge is 0.481 e. The number of hydrogen-bond donors (Lipinski definition) is 3. The highest BCUT2D eigenvalue weighted by molar-refractivity contribution is 9.10. The lowest BCUT2D eigenvalue weighted by atomic mass is 10.0. The minimum absolute atomic E-state index is 0.247. The summed E-state index contributed by atoms with van der Waals surface area (Å²) in [4.78, 5) is 27.0. The molecule has 4 rings (SSSR count). The molecule has 0 spiro atoms. The Labute approximate surface area is 190 Å². The number of rotatable bonds is 7. The average Bonchev–Trinajstić information content (AvgIpc) is 2.75. The van der Waals surface area contributed by atoms with Crippen LogP contribution in [0, 0.1) is 0 Å². The summed E-state index contributed by atoms with van der Waals surface area (Å²) in [5.41, 5.74) is 2.32. The number of fused-ring (bicyclic) bond motifs is 3. The van der Waals surface area contributed by atoms with Gasteiger partial charge in [0.05, 0.1) is 16.8 Å². The van der Waals surface area contributed by atoms with Gasteiger partial charge < -0.3 is 15.2 Å². The maximum Gasteiger partial charge on any atom is 0.341 e. The molecule has 0 saturated heterocycles. The number of aromatic nitrogens is 3. The molecule has 2 heterocycles. The number of H-pyrrole nitrogens is 1. The molecule has 2 aromatic carbocycles. The van der Waals surface area contributed by atoms with Crippen molar-refractivity contribution in [1.82, 2.24) is 10.1 Å². The molecule has 3 N–H and O–H groups in total. The number of halogens is 1. The van der Waals surface area contributed by atoms with Crippen LogP contribution in [0.15, 0.2) is 56.9 Å². The van der Waals surface area contributed by atoms with Gasteiger partial charge in [-0.05, 0) is 41.4 Å². The molecule has 1 atom stereocenters. The van der Waals surface area contributed by atoms with Crippen molar-refractivity contribution in [3.8, 4) is 17.0 Å². The van der Waals surface area contributed by atoms with E-state index in [0.717, 1.165) is 27.9 Å². The number of thioether (sulfide) groups is 1. The molecular formula is C21H20BrN4O4S+. The molecule has 0 radical (unpaired) electrons. The Hall–Kier alpha value is -2.85. The lowest BCUT2D eigenvalue weighted by Gasteiger charge is -2.23. The van der Waals surface area contributed by atoms with Crippen molar-refractivity contribution < 1.29 is 19.3 Å². The van der Waals surface area contributed by atoms with Gasteiger partial charge >= 0.3 is 17.2 Å². The Morgan fingerprint density at radius 3 is 2.90 bits per heavy atom. The van der Waals surface area contributed by atoms with E-state index in [1.807, 2.05) is 30.3 Å². The molecule has 0 aliphatic carbocycles. The summed E-state index contributed by atoms with van der Waals surface area (Å²) in [5.74, 6) is 0.162. The van der Waals surface area contributed by atoms with Gasteiger partial charge in [-0.25, -0.2) is 4.79 Å². The highest BCUT2D eigenvalue weighted by Gasteiger charge is 2.39. The van der Waals surface area contributed by atoms with E-state index in [1.54, 1.807) is 16.8 Å². The van der Waals surface area contributed by atoms with Crippen molar-refractivity contribution in [2.75, 3.05) is 17.7 Å². The summed E-state index contributed by atoms with van der Waals surface area (Å²) < 4.78 is 8.01. The number of carbonyl (C=O) groups is 1. The molecule has 0 fully saturated rings. The van der Waals surface area contributed by atoms with E-state index in [2.05, 4.69) is 33.2 Å². The summed E-state index contributed by atoms with van der Waals surface area (Å²) in [6, 6.07) is 12.8. The average molecular weight is 504 g/mol. The molecule has 0 bridgehead atoms. The minimum Gasteiger partial charge on any atom is -0.481 e. The number of ether oxygens (including phenoxy) is 1. The lowest BCUT2D eigenvalue weighted by Crippen LogP contribution is -2.55. The number of nitrogens with zero attached hydrogens (tertiary/aromatic N) is 2. The summed E-state index contributed by atoms with van der Waals surface area (Å²) in [6.07, 6.45) is 0.386. The fourth-order valence-electron chi connectivity index (χ4n) is 3.36. The molecule has 31 heavy (non-hydrogen) atoms. The van der Waals surface area contributed by atoms with Gasteiger partial charge in [0, 0.05) is 15.3 Å². The Kier molecular flexibility index (Phi) is 6.28. The Bertz CT molecular complexity index is 1200. The fourth-order valence-corrected chi connectivity index (χ4v) is 4.43. The first-order valence-corrected chi connectivity index (χ1v) is 11.4. The quantitative estimate of drug-likeness (QED) is 0.334. The van der Waals surface area contributed by atoms with E-state index in [9.17, 15) is 9.59 Å². The molecule has 0 saturated carbocycles. The van der Waals surface area contributed by atoms with E-state index >= 15 is 0 Å². The third-order valence-electron chi connectivity index (χ3n) is 4.64. The fraction of sp³-hybridized carbons (Fsp3) is 0.238. The van der Waals surface area contributed by atoms with E-state index in [0.29, 0.717) is 22.2 Å². The van der Waals surface area contributed by atoms with Gasteiger partial charge in [0.1, 0.15) is 5.75 Å². The maximum atomic E-state index is 13.1. The van der Waals surface area contributed by atoms with Gasteiger partial charge in [-0.2, -0.15) is 0 Å². The van der Waals surface area contributed by atoms with Gasteiger partial charge in [0.2, 0.25) is 5.16 Å². The molecule has 0 amide bonds. The predicted octanol–water partition coefficient (Wildman–Crippen LogP) is 3.42. The number of aliphatic carboxylic acids is 1. The first kappa shape index (κ1) is 21.4. The van der Waals surface area contributed by atoms with Crippen LogP contribution in [-0.4, -0.2) is 33.5 Å². The van der Waals surface area contributed by atoms with Crippen LogP contribution in [0.25, 0.3) is 11.3 Å². The zero-order chi connectivity index (χ0) is 22.0. The van der Waals surface area contributed by atoms with Gasteiger partial charge in [0.15, 0.2) is 6.61 Å². The number of carboxylic acids is 1. The smallest absolute Gasteiger partial charge is 0.341 e. The maximum absolute atomic E-state index is 13.1. The Morgan fingerprint density at radius 2 is 2.13 bits per heavy atom. The van der Waals surface area contributed by atoms with Crippen molar-refractivity contribution in [2.45, 2.75) is 24.7 Å². The highest BCUT2D eigenvalue weighted by Crippen LogP contribution is 2.36. The van der Waals surface area contributed by atoms with E-state index < -0.39 is 18.7 Å². The second-order valence-corrected chi connectivity index (χ2v) is 8.86. The van der Waals surface area contributed by atoms with Crippen LogP contribution in [0.1, 0.15) is 25.1 Å². The molecular weight excluding hydrogens is 484 g/mol. The first-order chi connectivity index (χ1) is 15.0. The monoisotopic (exact) mass is 503 g/mol. The lowest BCUT2D eigenvalue weighted by molar-refractivity contribution is -0.759.